The lowest BCUT2D eigenvalue weighted by molar-refractivity contribution is 0.251. The van der Waals surface area contributed by atoms with Gasteiger partial charge in [-0.3, -0.25) is 4.90 Å². The normalized spacial score (nSPS) is 14.8. The summed E-state index contributed by atoms with van der Waals surface area (Å²) in [6.45, 7) is 13.8. The lowest BCUT2D eigenvalue weighted by Crippen LogP contribution is -2.45. The van der Waals surface area contributed by atoms with Crippen LogP contribution in [0.1, 0.15) is 44.0 Å². The van der Waals surface area contributed by atoms with Crippen LogP contribution in [0.5, 0.6) is 0 Å². The summed E-state index contributed by atoms with van der Waals surface area (Å²) < 4.78 is 15.8. The van der Waals surface area contributed by atoms with Gasteiger partial charge in [-0.15, -0.1) is 0 Å². The van der Waals surface area contributed by atoms with E-state index >= 15 is 0 Å². The molecular weight excluding hydrogens is 449 g/mol. The van der Waals surface area contributed by atoms with Crippen LogP contribution in [-0.2, 0) is 19.4 Å². The average Bonchev–Trinajstić information content (AvgIpc) is 3.25. The van der Waals surface area contributed by atoms with Crippen molar-refractivity contribution in [2.75, 3.05) is 51.2 Å². The van der Waals surface area contributed by atoms with E-state index < -0.39 is 0 Å². The van der Waals surface area contributed by atoms with Gasteiger partial charge in [-0.05, 0) is 68.6 Å². The highest BCUT2D eigenvalue weighted by atomic mass is 19.1. The molecule has 0 radical (unpaired) electrons. The number of benzene rings is 2. The van der Waals surface area contributed by atoms with Gasteiger partial charge in [-0.1, -0.05) is 51.1 Å². The van der Waals surface area contributed by atoms with Gasteiger partial charge >= 0.3 is 0 Å². The molecule has 1 fully saturated rings. The van der Waals surface area contributed by atoms with Crippen LogP contribution in [0.4, 0.5) is 10.2 Å². The van der Waals surface area contributed by atoms with Gasteiger partial charge < -0.3 is 9.80 Å². The summed E-state index contributed by atoms with van der Waals surface area (Å²) >= 11 is 0. The van der Waals surface area contributed by atoms with Gasteiger partial charge in [0.2, 0.25) is 0 Å². The van der Waals surface area contributed by atoms with E-state index in [4.69, 9.17) is 5.10 Å². The van der Waals surface area contributed by atoms with E-state index in [-0.39, 0.29) is 5.82 Å². The molecule has 2 aromatic carbocycles. The predicted octanol–water partition coefficient (Wildman–Crippen LogP) is 5.42. The Bertz CT molecular complexity index is 1070. The molecule has 1 aromatic heterocycles. The van der Waals surface area contributed by atoms with E-state index in [0.717, 1.165) is 70.0 Å². The summed E-state index contributed by atoms with van der Waals surface area (Å²) in [7, 11) is 2.18. The maximum Gasteiger partial charge on any atom is 0.137 e. The van der Waals surface area contributed by atoms with Crippen molar-refractivity contribution in [3.63, 3.8) is 0 Å². The molecule has 0 atom stereocenters. The first-order chi connectivity index (χ1) is 17.4. The highest BCUT2D eigenvalue weighted by Crippen LogP contribution is 2.30. The van der Waals surface area contributed by atoms with E-state index in [1.807, 2.05) is 12.1 Å². The fourth-order valence-electron chi connectivity index (χ4n) is 4.90. The zero-order valence-electron chi connectivity index (χ0n) is 22.5. The Balaban J connectivity index is 1.68. The van der Waals surface area contributed by atoms with Crippen LogP contribution >= 0.6 is 0 Å². The molecule has 3 aromatic rings. The Morgan fingerprint density at radius 1 is 0.944 bits per heavy atom. The number of rotatable bonds is 11. The first-order valence-corrected chi connectivity index (χ1v) is 13.5. The molecule has 2 heterocycles. The van der Waals surface area contributed by atoms with Crippen LogP contribution in [0.15, 0.2) is 54.6 Å². The Morgan fingerprint density at radius 3 is 2.28 bits per heavy atom. The minimum Gasteiger partial charge on any atom is -0.354 e. The van der Waals surface area contributed by atoms with Crippen molar-refractivity contribution in [2.24, 2.45) is 5.92 Å². The maximum atomic E-state index is 13.7. The fraction of sp³-hybridized carbons (Fsp3) is 0.500. The third-order valence-corrected chi connectivity index (χ3v) is 7.21. The van der Waals surface area contributed by atoms with E-state index in [1.54, 1.807) is 0 Å². The summed E-state index contributed by atoms with van der Waals surface area (Å²) in [6.07, 6.45) is 3.09. The zero-order chi connectivity index (χ0) is 25.5. The van der Waals surface area contributed by atoms with E-state index in [0.29, 0.717) is 5.92 Å². The number of aryl methyl sites for hydroxylation is 1. The molecule has 0 bridgehead atoms. The van der Waals surface area contributed by atoms with Gasteiger partial charge in [0.05, 0.1) is 11.4 Å². The minimum absolute atomic E-state index is 0.219. The van der Waals surface area contributed by atoms with Crippen LogP contribution in [0.2, 0.25) is 0 Å². The Labute approximate surface area is 216 Å². The van der Waals surface area contributed by atoms with Crippen molar-refractivity contribution in [3.05, 3.63) is 77.2 Å². The lowest BCUT2D eigenvalue weighted by Gasteiger charge is -2.35. The number of nitrogens with zero attached hydrogens (tertiary/aromatic N) is 5. The van der Waals surface area contributed by atoms with E-state index in [1.165, 1.54) is 35.5 Å². The molecular formula is C30H42FN5. The summed E-state index contributed by atoms with van der Waals surface area (Å²) in [5, 5.41) is 5.10. The van der Waals surface area contributed by atoms with Crippen LogP contribution in [0, 0.1) is 11.7 Å². The first kappa shape index (κ1) is 26.4. The van der Waals surface area contributed by atoms with Crippen molar-refractivity contribution >= 4 is 5.82 Å². The van der Waals surface area contributed by atoms with E-state index in [9.17, 15) is 4.39 Å². The second-order valence-corrected chi connectivity index (χ2v) is 10.5. The second kappa shape index (κ2) is 12.5. The van der Waals surface area contributed by atoms with Crippen molar-refractivity contribution in [1.29, 1.82) is 0 Å². The molecule has 1 aliphatic rings. The van der Waals surface area contributed by atoms with Crippen LogP contribution in [0.25, 0.3) is 5.69 Å². The topological polar surface area (TPSA) is 27.5 Å². The molecule has 1 saturated heterocycles. The molecule has 4 rings (SSSR count). The van der Waals surface area contributed by atoms with Crippen LogP contribution in [-0.4, -0.2) is 65.9 Å². The predicted molar refractivity (Wildman–Crippen MR) is 147 cm³/mol. The fourth-order valence-corrected chi connectivity index (χ4v) is 4.90. The van der Waals surface area contributed by atoms with Gasteiger partial charge in [-0.2, -0.15) is 5.10 Å². The number of likely N-dealkylation sites (N-methyl/N-ethyl adjacent to an activating group) is 1. The molecule has 0 unspecified atom stereocenters. The number of hydrogen-bond donors (Lipinski definition) is 0. The third-order valence-electron chi connectivity index (χ3n) is 7.21. The molecule has 0 spiro atoms. The lowest BCUT2D eigenvalue weighted by atomic mass is 10.1. The molecule has 5 nitrogen and oxygen atoms in total. The number of hydrogen-bond acceptors (Lipinski definition) is 4. The molecule has 194 valence electrons. The molecule has 6 heteroatoms. The number of halogens is 1. The minimum atomic E-state index is -0.219. The third kappa shape index (κ3) is 6.74. The van der Waals surface area contributed by atoms with Crippen molar-refractivity contribution in [2.45, 2.75) is 46.6 Å². The molecule has 0 amide bonds. The highest BCUT2D eigenvalue weighted by molar-refractivity contribution is 5.56. The van der Waals surface area contributed by atoms with E-state index in [2.05, 4.69) is 77.5 Å². The van der Waals surface area contributed by atoms with Crippen LogP contribution < -0.4 is 4.90 Å². The van der Waals surface area contributed by atoms with Gasteiger partial charge in [0.15, 0.2) is 0 Å². The summed E-state index contributed by atoms with van der Waals surface area (Å²) in [5.74, 6) is 1.62. The quantitative estimate of drug-likeness (QED) is 0.358. The maximum absolute atomic E-state index is 13.7. The average molecular weight is 492 g/mol. The second-order valence-electron chi connectivity index (χ2n) is 10.5. The Kier molecular flexibility index (Phi) is 9.16. The monoisotopic (exact) mass is 491 g/mol. The first-order valence-electron chi connectivity index (χ1n) is 13.5. The van der Waals surface area contributed by atoms with Crippen molar-refractivity contribution in [3.8, 4) is 5.69 Å². The molecule has 36 heavy (non-hydrogen) atoms. The van der Waals surface area contributed by atoms with Crippen LogP contribution in [0.3, 0.4) is 0 Å². The summed E-state index contributed by atoms with van der Waals surface area (Å²) in [6, 6.07) is 17.5. The number of anilines is 1. The van der Waals surface area contributed by atoms with Crippen molar-refractivity contribution < 1.29 is 4.39 Å². The molecule has 1 aliphatic heterocycles. The van der Waals surface area contributed by atoms with Gasteiger partial charge in [-0.25, -0.2) is 9.07 Å². The zero-order valence-corrected chi connectivity index (χ0v) is 22.5. The molecule has 0 saturated carbocycles. The smallest absolute Gasteiger partial charge is 0.137 e. The number of aromatic nitrogens is 2. The largest absolute Gasteiger partial charge is 0.354 e. The van der Waals surface area contributed by atoms with Gasteiger partial charge in [0.1, 0.15) is 11.6 Å². The highest BCUT2D eigenvalue weighted by Gasteiger charge is 2.26. The Morgan fingerprint density at radius 2 is 1.64 bits per heavy atom. The summed E-state index contributed by atoms with van der Waals surface area (Å²) in [4.78, 5) is 7.48. The van der Waals surface area contributed by atoms with Gasteiger partial charge in [0.25, 0.3) is 0 Å². The SMILES string of the molecule is CCc1nn(-c2ccc(F)cc2)c(N2CCN(C)CC2)c1CN(CCc1ccccc1)CCC(C)C. The number of piperazine rings is 1. The molecule has 0 N–H and O–H groups in total. The molecule has 0 aliphatic carbocycles. The standard InChI is InChI=1S/C30H42FN5/c1-5-29-28(23-34(17-15-24(2)3)18-16-25-9-7-6-8-10-25)30(35-21-19-33(4)20-22-35)36(32-29)27-13-11-26(31)12-14-27/h6-14,24H,5,15-23H2,1-4H3. The van der Waals surface area contributed by atoms with Crippen molar-refractivity contribution in [1.82, 2.24) is 19.6 Å². The summed E-state index contributed by atoms with van der Waals surface area (Å²) in [5.41, 5.74) is 4.76. The Hall–Kier alpha value is -2.70. The van der Waals surface area contributed by atoms with Gasteiger partial charge in [0, 0.05) is 44.8 Å².